The van der Waals surface area contributed by atoms with E-state index in [2.05, 4.69) is 34.7 Å². The van der Waals surface area contributed by atoms with E-state index in [0.717, 1.165) is 42.5 Å². The van der Waals surface area contributed by atoms with Crippen LogP contribution in [0.2, 0.25) is 0 Å². The highest BCUT2D eigenvalue weighted by molar-refractivity contribution is 5.75. The summed E-state index contributed by atoms with van der Waals surface area (Å²) >= 11 is 0. The molecule has 6 nitrogen and oxygen atoms in total. The zero-order valence-electron chi connectivity index (χ0n) is 17.3. The highest BCUT2D eigenvalue weighted by atomic mass is 19.1. The minimum atomic E-state index is -0.227. The van der Waals surface area contributed by atoms with Crippen molar-refractivity contribution in [2.24, 2.45) is 11.8 Å². The molecular formula is C22H29FN6. The van der Waals surface area contributed by atoms with E-state index in [1.54, 1.807) is 0 Å². The third-order valence-corrected chi connectivity index (χ3v) is 6.78. The van der Waals surface area contributed by atoms with Crippen LogP contribution in [0.15, 0.2) is 24.3 Å². The van der Waals surface area contributed by atoms with Gasteiger partial charge in [-0.1, -0.05) is 13.8 Å². The molecule has 1 aliphatic carbocycles. The summed E-state index contributed by atoms with van der Waals surface area (Å²) in [5, 5.41) is 10.5. The second-order valence-electron chi connectivity index (χ2n) is 9.22. The lowest BCUT2D eigenvalue weighted by atomic mass is 9.88. The Labute approximate surface area is 171 Å². The van der Waals surface area contributed by atoms with Gasteiger partial charge in [0.1, 0.15) is 17.5 Å². The topological polar surface area (TPSA) is 65.1 Å². The molecule has 0 spiro atoms. The summed E-state index contributed by atoms with van der Waals surface area (Å²) < 4.78 is 13.5. The Morgan fingerprint density at radius 1 is 1.10 bits per heavy atom. The van der Waals surface area contributed by atoms with Crippen LogP contribution < -0.4 is 20.9 Å². The van der Waals surface area contributed by atoms with Gasteiger partial charge < -0.3 is 20.9 Å². The summed E-state index contributed by atoms with van der Waals surface area (Å²) in [4.78, 5) is 12.0. The molecule has 2 bridgehead atoms. The van der Waals surface area contributed by atoms with E-state index in [0.29, 0.717) is 23.8 Å². The van der Waals surface area contributed by atoms with Crippen molar-refractivity contribution in [1.82, 2.24) is 15.3 Å². The third-order valence-electron chi connectivity index (χ3n) is 6.78. The fourth-order valence-corrected chi connectivity index (χ4v) is 5.37. The molecule has 1 saturated carbocycles. The van der Waals surface area contributed by atoms with Crippen molar-refractivity contribution >= 4 is 23.3 Å². The number of anilines is 4. The van der Waals surface area contributed by atoms with Gasteiger partial charge in [-0.2, -0.15) is 9.97 Å². The van der Waals surface area contributed by atoms with Gasteiger partial charge in [0.2, 0.25) is 5.95 Å². The number of halogens is 1. The van der Waals surface area contributed by atoms with E-state index >= 15 is 0 Å². The van der Waals surface area contributed by atoms with Gasteiger partial charge in [-0.15, -0.1) is 0 Å². The van der Waals surface area contributed by atoms with Gasteiger partial charge in [0, 0.05) is 36.3 Å². The van der Waals surface area contributed by atoms with Crippen LogP contribution in [0.25, 0.3) is 0 Å². The molecule has 7 heteroatoms. The van der Waals surface area contributed by atoms with Crippen molar-refractivity contribution in [3.05, 3.63) is 35.6 Å². The lowest BCUT2D eigenvalue weighted by Gasteiger charge is -2.32. The zero-order valence-corrected chi connectivity index (χ0v) is 17.3. The molecule has 29 heavy (non-hydrogen) atoms. The van der Waals surface area contributed by atoms with Crippen LogP contribution in [-0.4, -0.2) is 42.7 Å². The molecule has 2 unspecified atom stereocenters. The Kier molecular flexibility index (Phi) is 4.38. The first-order valence-corrected chi connectivity index (χ1v) is 10.6. The van der Waals surface area contributed by atoms with Crippen LogP contribution in [0, 0.1) is 17.7 Å². The standard InChI is InChI=1S/C22H29FN6/c1-22(2)12-29(16-8-6-15(23)7-9-16)20-17(22)19(24-3)27-21(28-20)26-18-13-4-5-14(18)11-25-10-13/h6-9,13-14,18,25H,4-5,10-12H2,1-3H3,(H2,24,26,27,28). The average molecular weight is 397 g/mol. The minimum Gasteiger partial charge on any atom is -0.373 e. The number of fused-ring (bicyclic) bond motifs is 3. The minimum absolute atomic E-state index is 0.117. The second kappa shape index (κ2) is 6.83. The number of nitrogens with zero attached hydrogens (tertiary/aromatic N) is 3. The lowest BCUT2D eigenvalue weighted by molar-refractivity contribution is 0.341. The first kappa shape index (κ1) is 18.6. The molecule has 3 aliphatic rings. The quantitative estimate of drug-likeness (QED) is 0.735. The Hall–Kier alpha value is -2.41. The summed E-state index contributed by atoms with van der Waals surface area (Å²) in [6, 6.07) is 7.08. The van der Waals surface area contributed by atoms with Gasteiger partial charge in [-0.25, -0.2) is 4.39 Å². The van der Waals surface area contributed by atoms with Gasteiger partial charge in [0.05, 0.1) is 0 Å². The van der Waals surface area contributed by atoms with Crippen molar-refractivity contribution in [3.8, 4) is 0 Å². The molecule has 1 saturated heterocycles. The van der Waals surface area contributed by atoms with Gasteiger partial charge in [-0.3, -0.25) is 0 Å². The van der Waals surface area contributed by atoms with Gasteiger partial charge in [0.15, 0.2) is 0 Å². The number of aromatic nitrogens is 2. The van der Waals surface area contributed by atoms with Crippen LogP contribution >= 0.6 is 0 Å². The highest BCUT2D eigenvalue weighted by Gasteiger charge is 2.42. The molecule has 3 N–H and O–H groups in total. The van der Waals surface area contributed by atoms with Crippen molar-refractivity contribution in [1.29, 1.82) is 0 Å². The van der Waals surface area contributed by atoms with Crippen molar-refractivity contribution < 1.29 is 4.39 Å². The SMILES string of the molecule is CNc1nc(NC2C3CCC2CNC3)nc2c1C(C)(C)CN2c1ccc(F)cc1. The Balaban J connectivity index is 1.54. The fraction of sp³-hybridized carbons (Fsp3) is 0.545. The van der Waals surface area contributed by atoms with Crippen LogP contribution in [0.4, 0.5) is 27.7 Å². The maximum atomic E-state index is 13.5. The first-order valence-electron chi connectivity index (χ1n) is 10.6. The summed E-state index contributed by atoms with van der Waals surface area (Å²) in [5.41, 5.74) is 1.95. The number of nitrogens with one attached hydrogen (secondary N) is 3. The molecule has 5 rings (SSSR count). The van der Waals surface area contributed by atoms with Gasteiger partial charge in [0.25, 0.3) is 0 Å². The van der Waals surface area contributed by atoms with E-state index in [-0.39, 0.29) is 11.2 Å². The van der Waals surface area contributed by atoms with Crippen LogP contribution in [0.5, 0.6) is 0 Å². The molecule has 2 aromatic rings. The molecule has 3 heterocycles. The third kappa shape index (κ3) is 3.12. The maximum Gasteiger partial charge on any atom is 0.226 e. The number of hydrogen-bond donors (Lipinski definition) is 3. The van der Waals surface area contributed by atoms with Crippen molar-refractivity contribution in [3.63, 3.8) is 0 Å². The maximum absolute atomic E-state index is 13.5. The molecule has 0 amide bonds. The van der Waals surface area contributed by atoms with Crippen molar-refractivity contribution in [2.75, 3.05) is 42.2 Å². The summed E-state index contributed by atoms with van der Waals surface area (Å²) in [6.07, 6.45) is 2.52. The fourth-order valence-electron chi connectivity index (χ4n) is 5.37. The van der Waals surface area contributed by atoms with E-state index in [1.165, 1.54) is 25.0 Å². The van der Waals surface area contributed by atoms with Crippen LogP contribution in [0.3, 0.4) is 0 Å². The molecular weight excluding hydrogens is 367 g/mol. The number of hydrogen-bond acceptors (Lipinski definition) is 6. The summed E-state index contributed by atoms with van der Waals surface area (Å²) in [6.45, 7) is 7.32. The largest absolute Gasteiger partial charge is 0.373 e. The predicted molar refractivity (Wildman–Crippen MR) is 115 cm³/mol. The molecule has 2 atom stereocenters. The van der Waals surface area contributed by atoms with Crippen LogP contribution in [0.1, 0.15) is 32.3 Å². The molecule has 2 aliphatic heterocycles. The second-order valence-corrected chi connectivity index (χ2v) is 9.22. The monoisotopic (exact) mass is 396 g/mol. The Bertz CT molecular complexity index is 896. The lowest BCUT2D eigenvalue weighted by Crippen LogP contribution is -2.45. The normalized spacial score (nSPS) is 27.0. The first-order chi connectivity index (χ1) is 14.0. The summed E-state index contributed by atoms with van der Waals surface area (Å²) in [5.74, 6) is 3.50. The Morgan fingerprint density at radius 3 is 2.45 bits per heavy atom. The van der Waals surface area contributed by atoms with Gasteiger partial charge in [-0.05, 0) is 62.0 Å². The average Bonchev–Trinajstić information content (AvgIpc) is 3.08. The van der Waals surface area contributed by atoms with Crippen LogP contribution in [-0.2, 0) is 5.41 Å². The number of benzene rings is 1. The summed E-state index contributed by atoms with van der Waals surface area (Å²) in [7, 11) is 1.91. The zero-order chi connectivity index (χ0) is 20.2. The molecule has 1 aromatic carbocycles. The highest BCUT2D eigenvalue weighted by Crippen LogP contribution is 2.47. The number of piperidine rings is 1. The molecule has 0 radical (unpaired) electrons. The Morgan fingerprint density at radius 2 is 1.79 bits per heavy atom. The molecule has 2 fully saturated rings. The van der Waals surface area contributed by atoms with E-state index in [9.17, 15) is 4.39 Å². The smallest absolute Gasteiger partial charge is 0.226 e. The molecule has 154 valence electrons. The van der Waals surface area contributed by atoms with E-state index in [1.807, 2.05) is 19.2 Å². The van der Waals surface area contributed by atoms with E-state index in [4.69, 9.17) is 9.97 Å². The number of rotatable bonds is 4. The van der Waals surface area contributed by atoms with E-state index < -0.39 is 0 Å². The van der Waals surface area contributed by atoms with Crippen molar-refractivity contribution in [2.45, 2.75) is 38.1 Å². The molecule has 1 aromatic heterocycles. The predicted octanol–water partition coefficient (Wildman–Crippen LogP) is 3.50. The van der Waals surface area contributed by atoms with Gasteiger partial charge >= 0.3 is 0 Å².